The van der Waals surface area contributed by atoms with Crippen LogP contribution in [0.25, 0.3) is 0 Å². The van der Waals surface area contributed by atoms with Crippen molar-refractivity contribution in [2.45, 2.75) is 40.2 Å². The minimum absolute atomic E-state index is 0.182. The van der Waals surface area contributed by atoms with Crippen LogP contribution in [0.1, 0.15) is 54.0 Å². The van der Waals surface area contributed by atoms with Gasteiger partial charge in [0.1, 0.15) is 5.75 Å². The Morgan fingerprint density at radius 3 is 2.42 bits per heavy atom. The van der Waals surface area contributed by atoms with Gasteiger partial charge in [-0.25, -0.2) is 0 Å². The summed E-state index contributed by atoms with van der Waals surface area (Å²) >= 11 is 0. The van der Waals surface area contributed by atoms with E-state index in [1.165, 1.54) is 0 Å². The van der Waals surface area contributed by atoms with E-state index in [2.05, 4.69) is 10.6 Å². The summed E-state index contributed by atoms with van der Waals surface area (Å²) in [7, 11) is 0. The number of ether oxygens (including phenoxy) is 1. The van der Waals surface area contributed by atoms with Gasteiger partial charge in [-0.1, -0.05) is 12.1 Å². The summed E-state index contributed by atoms with van der Waals surface area (Å²) in [6.07, 6.45) is 0. The second kappa shape index (κ2) is 8.04. The van der Waals surface area contributed by atoms with E-state index in [1.54, 1.807) is 30.3 Å². The van der Waals surface area contributed by atoms with Crippen LogP contribution >= 0.6 is 0 Å². The third-order valence-corrected chi connectivity index (χ3v) is 3.55. The maximum absolute atomic E-state index is 12.6. The van der Waals surface area contributed by atoms with Crippen molar-refractivity contribution in [3.63, 3.8) is 0 Å². The van der Waals surface area contributed by atoms with Gasteiger partial charge >= 0.3 is 0 Å². The van der Waals surface area contributed by atoms with Crippen LogP contribution in [0.5, 0.6) is 5.75 Å². The molecule has 26 heavy (non-hydrogen) atoms. The number of hydrogen-bond acceptors (Lipinski definition) is 3. The molecule has 0 radical (unpaired) electrons. The Labute approximate surface area is 154 Å². The van der Waals surface area contributed by atoms with Gasteiger partial charge in [0.15, 0.2) is 0 Å². The number of anilines is 1. The van der Waals surface area contributed by atoms with Crippen molar-refractivity contribution in [1.29, 1.82) is 0 Å². The van der Waals surface area contributed by atoms with Crippen molar-refractivity contribution < 1.29 is 14.3 Å². The van der Waals surface area contributed by atoms with Crippen LogP contribution in [-0.2, 0) is 0 Å². The molecule has 2 aromatic rings. The van der Waals surface area contributed by atoms with Crippen molar-refractivity contribution in [2.24, 2.45) is 0 Å². The standard InChI is InChI=1S/C21H26N2O3/c1-6-26-18-12-14(2)10-11-17(18)20(25)22-16-9-7-8-15(13-16)19(24)23-21(3,4)5/h7-13H,6H2,1-5H3,(H,22,25)(H,23,24). The highest BCUT2D eigenvalue weighted by atomic mass is 16.5. The predicted molar refractivity (Wildman–Crippen MR) is 104 cm³/mol. The van der Waals surface area contributed by atoms with Crippen molar-refractivity contribution in [3.05, 3.63) is 59.2 Å². The Bertz CT molecular complexity index is 807. The topological polar surface area (TPSA) is 67.4 Å². The molecule has 0 aliphatic heterocycles. The van der Waals surface area contributed by atoms with Gasteiger partial charge in [-0.15, -0.1) is 0 Å². The Balaban J connectivity index is 2.20. The van der Waals surface area contributed by atoms with Gasteiger partial charge in [-0.05, 0) is 70.5 Å². The van der Waals surface area contributed by atoms with Crippen molar-refractivity contribution in [2.75, 3.05) is 11.9 Å². The Kier molecular flexibility index (Phi) is 6.03. The first-order valence-corrected chi connectivity index (χ1v) is 8.67. The van der Waals surface area contributed by atoms with Gasteiger partial charge in [-0.3, -0.25) is 9.59 Å². The van der Waals surface area contributed by atoms with Crippen LogP contribution in [0.2, 0.25) is 0 Å². The molecule has 2 aromatic carbocycles. The molecule has 0 unspecified atom stereocenters. The van der Waals surface area contributed by atoms with Crippen LogP contribution < -0.4 is 15.4 Å². The average molecular weight is 354 g/mol. The normalized spacial score (nSPS) is 11.0. The summed E-state index contributed by atoms with van der Waals surface area (Å²) in [5.41, 5.74) is 2.20. The van der Waals surface area contributed by atoms with Crippen LogP contribution in [-0.4, -0.2) is 24.0 Å². The molecule has 138 valence electrons. The lowest BCUT2D eigenvalue weighted by molar-refractivity contribution is 0.0918. The molecule has 2 N–H and O–H groups in total. The molecule has 2 rings (SSSR count). The zero-order valence-electron chi connectivity index (χ0n) is 16.0. The molecule has 0 atom stereocenters. The highest BCUT2D eigenvalue weighted by molar-refractivity contribution is 6.07. The Hall–Kier alpha value is -2.82. The van der Waals surface area contributed by atoms with E-state index in [-0.39, 0.29) is 17.4 Å². The Morgan fingerprint density at radius 1 is 1.04 bits per heavy atom. The number of rotatable bonds is 5. The second-order valence-electron chi connectivity index (χ2n) is 7.17. The third-order valence-electron chi connectivity index (χ3n) is 3.55. The molecule has 0 heterocycles. The van der Waals surface area contributed by atoms with Gasteiger partial charge < -0.3 is 15.4 Å². The molecule has 5 heteroatoms. The molecule has 0 saturated carbocycles. The molecule has 0 spiro atoms. The number of benzene rings is 2. The van der Waals surface area contributed by atoms with E-state index < -0.39 is 0 Å². The number of hydrogen-bond donors (Lipinski definition) is 2. The predicted octanol–water partition coefficient (Wildman–Crippen LogP) is 4.17. The van der Waals surface area contributed by atoms with Crippen molar-refractivity contribution in [3.8, 4) is 5.75 Å². The molecule has 5 nitrogen and oxygen atoms in total. The zero-order chi connectivity index (χ0) is 19.3. The molecular weight excluding hydrogens is 328 g/mol. The van der Waals surface area contributed by atoms with Gasteiger partial charge in [0.05, 0.1) is 12.2 Å². The molecular formula is C21H26N2O3. The number of nitrogens with one attached hydrogen (secondary N) is 2. The lowest BCUT2D eigenvalue weighted by atomic mass is 10.1. The number of carbonyl (C=O) groups excluding carboxylic acids is 2. The summed E-state index contributed by atoms with van der Waals surface area (Å²) in [6.45, 7) is 10.1. The maximum Gasteiger partial charge on any atom is 0.259 e. The first-order chi connectivity index (χ1) is 12.2. The van der Waals surface area contributed by atoms with Crippen molar-refractivity contribution >= 4 is 17.5 Å². The van der Waals surface area contributed by atoms with Crippen LogP contribution in [0.3, 0.4) is 0 Å². The summed E-state index contributed by atoms with van der Waals surface area (Å²) in [6, 6.07) is 12.3. The summed E-state index contributed by atoms with van der Waals surface area (Å²) in [5.74, 6) is 0.0902. The van der Waals surface area contributed by atoms with E-state index in [0.717, 1.165) is 5.56 Å². The zero-order valence-corrected chi connectivity index (χ0v) is 16.0. The fourth-order valence-electron chi connectivity index (χ4n) is 2.44. The van der Waals surface area contributed by atoms with Crippen LogP contribution in [0.4, 0.5) is 5.69 Å². The van der Waals surface area contributed by atoms with E-state index >= 15 is 0 Å². The molecule has 0 bridgehead atoms. The smallest absolute Gasteiger partial charge is 0.259 e. The minimum atomic E-state index is -0.329. The lowest BCUT2D eigenvalue weighted by Crippen LogP contribution is -2.40. The van der Waals surface area contributed by atoms with Crippen LogP contribution in [0.15, 0.2) is 42.5 Å². The fourth-order valence-corrected chi connectivity index (χ4v) is 2.44. The molecule has 0 fully saturated rings. The SMILES string of the molecule is CCOc1cc(C)ccc1C(=O)Nc1cccc(C(=O)NC(C)(C)C)c1. The second-order valence-corrected chi connectivity index (χ2v) is 7.17. The molecule has 0 saturated heterocycles. The first-order valence-electron chi connectivity index (χ1n) is 8.67. The largest absolute Gasteiger partial charge is 0.493 e. The lowest BCUT2D eigenvalue weighted by Gasteiger charge is -2.20. The van der Waals surface area contributed by atoms with Crippen molar-refractivity contribution in [1.82, 2.24) is 5.32 Å². The van der Waals surface area contributed by atoms with E-state index in [4.69, 9.17) is 4.74 Å². The van der Waals surface area contributed by atoms with E-state index in [0.29, 0.717) is 29.2 Å². The van der Waals surface area contributed by atoms with Gasteiger partial charge in [0, 0.05) is 16.8 Å². The number of amides is 2. The fraction of sp³-hybridized carbons (Fsp3) is 0.333. The summed E-state index contributed by atoms with van der Waals surface area (Å²) in [5, 5.41) is 5.74. The van der Waals surface area contributed by atoms with Gasteiger partial charge in [0.2, 0.25) is 0 Å². The maximum atomic E-state index is 12.6. The highest BCUT2D eigenvalue weighted by Crippen LogP contribution is 2.22. The van der Waals surface area contributed by atoms with Gasteiger partial charge in [0.25, 0.3) is 11.8 Å². The minimum Gasteiger partial charge on any atom is -0.493 e. The number of aryl methyl sites for hydroxylation is 1. The average Bonchev–Trinajstić information content (AvgIpc) is 2.54. The number of carbonyl (C=O) groups is 2. The van der Waals surface area contributed by atoms with Gasteiger partial charge in [-0.2, -0.15) is 0 Å². The Morgan fingerprint density at radius 2 is 1.77 bits per heavy atom. The monoisotopic (exact) mass is 354 g/mol. The van der Waals surface area contributed by atoms with E-state index in [1.807, 2.05) is 46.8 Å². The highest BCUT2D eigenvalue weighted by Gasteiger charge is 2.17. The quantitative estimate of drug-likeness (QED) is 0.847. The molecule has 0 aliphatic rings. The summed E-state index contributed by atoms with van der Waals surface area (Å²) in [4.78, 5) is 24.9. The third kappa shape index (κ3) is 5.34. The molecule has 0 aliphatic carbocycles. The first kappa shape index (κ1) is 19.5. The van der Waals surface area contributed by atoms with E-state index in [9.17, 15) is 9.59 Å². The molecule has 2 amide bonds. The van der Waals surface area contributed by atoms with Crippen LogP contribution in [0, 0.1) is 6.92 Å². The summed E-state index contributed by atoms with van der Waals surface area (Å²) < 4.78 is 5.57. The molecule has 0 aromatic heterocycles.